The third-order valence-corrected chi connectivity index (χ3v) is 3.41. The summed E-state index contributed by atoms with van der Waals surface area (Å²) in [7, 11) is -4.02. The lowest BCUT2D eigenvalue weighted by molar-refractivity contribution is 0.482. The van der Waals surface area contributed by atoms with Crippen LogP contribution in [0.15, 0.2) is 70.1 Å². The first kappa shape index (κ1) is 12.6. The van der Waals surface area contributed by atoms with E-state index in [9.17, 15) is 8.42 Å². The first-order chi connectivity index (χ1) is 9.64. The lowest BCUT2D eigenvalue weighted by Gasteiger charge is -2.12. The Kier molecular flexibility index (Phi) is 3.08. The van der Waals surface area contributed by atoms with Crippen molar-refractivity contribution in [3.8, 4) is 0 Å². The van der Waals surface area contributed by atoms with Gasteiger partial charge in [-0.2, -0.15) is 13.4 Å². The Morgan fingerprint density at radius 1 is 0.800 bits per heavy atom. The lowest BCUT2D eigenvalue weighted by atomic mass is 10.2. The van der Waals surface area contributed by atoms with Crippen molar-refractivity contribution in [2.45, 2.75) is 0 Å². The number of aliphatic imine (C=N–C) groups is 1. The number of hydrogen-bond acceptors (Lipinski definition) is 4. The molecule has 2 aromatic carbocycles. The van der Waals surface area contributed by atoms with Gasteiger partial charge in [0.05, 0.1) is 0 Å². The van der Waals surface area contributed by atoms with Gasteiger partial charge in [0.2, 0.25) is 5.90 Å². The SMILES string of the molecule is O=S1(=O)N=C(c2ccccc2)N=C(c2ccccc2)O1. The normalized spacial score (nSPS) is 16.8. The summed E-state index contributed by atoms with van der Waals surface area (Å²) < 4.78 is 31.8. The van der Waals surface area contributed by atoms with Crippen molar-refractivity contribution in [2.75, 3.05) is 0 Å². The molecule has 0 fully saturated rings. The summed E-state index contributed by atoms with van der Waals surface area (Å²) in [5, 5.41) is 0. The second kappa shape index (κ2) is 4.90. The fourth-order valence-electron chi connectivity index (χ4n) is 1.76. The van der Waals surface area contributed by atoms with Crippen LogP contribution in [0.4, 0.5) is 0 Å². The van der Waals surface area contributed by atoms with Gasteiger partial charge in [0.15, 0.2) is 5.84 Å². The predicted octanol–water partition coefficient (Wildman–Crippen LogP) is 2.16. The molecule has 0 spiro atoms. The first-order valence-electron chi connectivity index (χ1n) is 5.88. The lowest BCUT2D eigenvalue weighted by Crippen LogP contribution is -2.21. The van der Waals surface area contributed by atoms with Gasteiger partial charge < -0.3 is 4.18 Å². The Hall–Kier alpha value is -2.47. The van der Waals surface area contributed by atoms with Crippen LogP contribution in [0.5, 0.6) is 0 Å². The van der Waals surface area contributed by atoms with E-state index in [2.05, 4.69) is 9.39 Å². The molecule has 20 heavy (non-hydrogen) atoms. The Bertz CT molecular complexity index is 782. The zero-order chi connectivity index (χ0) is 14.0. The molecular weight excluding hydrogens is 276 g/mol. The third-order valence-electron chi connectivity index (χ3n) is 2.64. The molecule has 1 aliphatic rings. The maximum atomic E-state index is 11.7. The molecule has 6 heteroatoms. The summed E-state index contributed by atoms with van der Waals surface area (Å²) >= 11 is 0. The van der Waals surface area contributed by atoms with Gasteiger partial charge in [-0.15, -0.1) is 4.40 Å². The smallest absolute Gasteiger partial charge is 0.344 e. The fourth-order valence-corrected chi connectivity index (χ4v) is 2.49. The van der Waals surface area contributed by atoms with Crippen LogP contribution < -0.4 is 0 Å². The summed E-state index contributed by atoms with van der Waals surface area (Å²) in [6.45, 7) is 0. The number of amidine groups is 1. The van der Waals surface area contributed by atoms with Crippen LogP contribution in [0.25, 0.3) is 0 Å². The van der Waals surface area contributed by atoms with Crippen molar-refractivity contribution in [1.29, 1.82) is 0 Å². The fraction of sp³-hybridized carbons (Fsp3) is 0. The van der Waals surface area contributed by atoms with Crippen LogP contribution in [-0.4, -0.2) is 20.2 Å². The van der Waals surface area contributed by atoms with Gasteiger partial charge >= 0.3 is 10.3 Å². The molecule has 1 heterocycles. The number of nitrogens with zero attached hydrogens (tertiary/aromatic N) is 2. The number of hydrogen-bond donors (Lipinski definition) is 0. The van der Waals surface area contributed by atoms with E-state index in [1.54, 1.807) is 48.5 Å². The average Bonchev–Trinajstić information content (AvgIpc) is 2.47. The summed E-state index contributed by atoms with van der Waals surface area (Å²) in [5.74, 6) is 0.148. The Morgan fingerprint density at radius 3 is 1.95 bits per heavy atom. The summed E-state index contributed by atoms with van der Waals surface area (Å²) in [6, 6.07) is 17.7. The molecule has 0 unspecified atom stereocenters. The molecule has 0 radical (unpaired) electrons. The largest absolute Gasteiger partial charge is 0.432 e. The molecule has 0 bridgehead atoms. The maximum Gasteiger partial charge on any atom is 0.432 e. The molecule has 0 N–H and O–H groups in total. The van der Waals surface area contributed by atoms with Crippen LogP contribution in [-0.2, 0) is 14.5 Å². The molecule has 0 saturated carbocycles. The van der Waals surface area contributed by atoms with Crippen molar-refractivity contribution < 1.29 is 12.6 Å². The van der Waals surface area contributed by atoms with Gasteiger partial charge in [-0.05, 0) is 12.1 Å². The summed E-state index contributed by atoms with van der Waals surface area (Å²) in [6.07, 6.45) is 0. The van der Waals surface area contributed by atoms with Gasteiger partial charge in [0.1, 0.15) is 0 Å². The summed E-state index contributed by atoms with van der Waals surface area (Å²) in [4.78, 5) is 4.18. The molecule has 3 rings (SSSR count). The highest BCUT2D eigenvalue weighted by atomic mass is 32.2. The highest BCUT2D eigenvalue weighted by molar-refractivity contribution is 7.86. The molecular formula is C14H10N2O3S. The van der Waals surface area contributed by atoms with Crippen molar-refractivity contribution in [3.05, 3.63) is 71.8 Å². The Balaban J connectivity index is 2.10. The van der Waals surface area contributed by atoms with Crippen molar-refractivity contribution >= 4 is 22.0 Å². The van der Waals surface area contributed by atoms with Gasteiger partial charge in [0, 0.05) is 11.1 Å². The maximum absolute atomic E-state index is 11.7. The zero-order valence-electron chi connectivity index (χ0n) is 10.3. The zero-order valence-corrected chi connectivity index (χ0v) is 11.1. The molecule has 0 amide bonds. The van der Waals surface area contributed by atoms with Gasteiger partial charge in [0.25, 0.3) is 0 Å². The van der Waals surface area contributed by atoms with E-state index in [0.717, 1.165) is 0 Å². The molecule has 5 nitrogen and oxygen atoms in total. The molecule has 0 aromatic heterocycles. The van der Waals surface area contributed by atoms with Crippen LogP contribution in [0, 0.1) is 0 Å². The van der Waals surface area contributed by atoms with Gasteiger partial charge in [-0.3, -0.25) is 0 Å². The minimum absolute atomic E-state index is 0.0273. The van der Waals surface area contributed by atoms with E-state index >= 15 is 0 Å². The second-order valence-corrected chi connectivity index (χ2v) is 5.28. The van der Waals surface area contributed by atoms with Crippen molar-refractivity contribution in [1.82, 2.24) is 0 Å². The van der Waals surface area contributed by atoms with Crippen LogP contribution in [0.1, 0.15) is 11.1 Å². The minimum Gasteiger partial charge on any atom is -0.344 e. The van der Waals surface area contributed by atoms with Crippen LogP contribution in [0.3, 0.4) is 0 Å². The van der Waals surface area contributed by atoms with Crippen molar-refractivity contribution in [2.24, 2.45) is 9.39 Å². The molecule has 2 aromatic rings. The number of benzene rings is 2. The van der Waals surface area contributed by atoms with Crippen LogP contribution >= 0.6 is 0 Å². The molecule has 0 atom stereocenters. The standard InChI is InChI=1S/C14H10N2O3S/c17-20(18)16-13(11-7-3-1-4-8-11)15-14(19-20)12-9-5-2-6-10-12/h1-10H. The first-order valence-corrected chi connectivity index (χ1v) is 7.24. The van der Waals surface area contributed by atoms with Crippen molar-refractivity contribution in [3.63, 3.8) is 0 Å². The average molecular weight is 286 g/mol. The van der Waals surface area contributed by atoms with Gasteiger partial charge in [-0.1, -0.05) is 48.5 Å². The van der Waals surface area contributed by atoms with Crippen LogP contribution in [0.2, 0.25) is 0 Å². The Labute approximate surface area is 116 Å². The van der Waals surface area contributed by atoms with E-state index in [-0.39, 0.29) is 11.7 Å². The van der Waals surface area contributed by atoms with E-state index in [1.165, 1.54) is 0 Å². The monoisotopic (exact) mass is 286 g/mol. The molecule has 0 aliphatic carbocycles. The van der Waals surface area contributed by atoms with E-state index < -0.39 is 10.3 Å². The van der Waals surface area contributed by atoms with E-state index in [1.807, 2.05) is 12.1 Å². The van der Waals surface area contributed by atoms with E-state index in [4.69, 9.17) is 4.18 Å². The molecule has 100 valence electrons. The predicted molar refractivity (Wildman–Crippen MR) is 76.0 cm³/mol. The highest BCUT2D eigenvalue weighted by Gasteiger charge is 2.23. The van der Waals surface area contributed by atoms with Gasteiger partial charge in [-0.25, -0.2) is 0 Å². The Morgan fingerprint density at radius 2 is 1.35 bits per heavy atom. The quantitative estimate of drug-likeness (QED) is 0.849. The second-order valence-electron chi connectivity index (χ2n) is 4.07. The van der Waals surface area contributed by atoms with E-state index in [0.29, 0.717) is 11.1 Å². The summed E-state index contributed by atoms with van der Waals surface area (Å²) in [5.41, 5.74) is 1.20. The number of rotatable bonds is 2. The molecule has 1 aliphatic heterocycles. The topological polar surface area (TPSA) is 68.1 Å². The minimum atomic E-state index is -4.02. The highest BCUT2D eigenvalue weighted by Crippen LogP contribution is 2.16. The third kappa shape index (κ3) is 2.60. The molecule has 0 saturated heterocycles.